The molecule has 4 heteroatoms. The second kappa shape index (κ2) is 12.2. The minimum absolute atomic E-state index is 0.303. The summed E-state index contributed by atoms with van der Waals surface area (Å²) in [6, 6.07) is 45.7. The van der Waals surface area contributed by atoms with Crippen molar-refractivity contribution in [2.24, 2.45) is 0 Å². The molecule has 2 aliphatic carbocycles. The average molecular weight is 639 g/mol. The molecule has 49 heavy (non-hydrogen) atoms. The number of ether oxygens (including phenoxy) is 2. The van der Waals surface area contributed by atoms with Crippen LogP contribution in [0.15, 0.2) is 133 Å². The third kappa shape index (κ3) is 4.75. The second-order valence-corrected chi connectivity index (χ2v) is 12.3. The Bertz CT molecular complexity index is 2150. The van der Waals surface area contributed by atoms with Gasteiger partial charge < -0.3 is 9.47 Å². The lowest BCUT2D eigenvalue weighted by Crippen LogP contribution is -2.30. The number of carbonyl (C=O) groups is 2. The van der Waals surface area contributed by atoms with Gasteiger partial charge in [-0.2, -0.15) is 0 Å². The molecule has 0 fully saturated rings. The number of carbonyl (C=O) groups excluding carboxylic acids is 2. The van der Waals surface area contributed by atoms with Crippen LogP contribution >= 0.6 is 0 Å². The number of fused-ring (bicyclic) bond motifs is 9. The van der Waals surface area contributed by atoms with E-state index in [1.807, 2.05) is 62.4 Å². The minimum atomic E-state index is -0.703. The van der Waals surface area contributed by atoms with Crippen molar-refractivity contribution in [3.8, 4) is 33.4 Å². The second-order valence-electron chi connectivity index (χ2n) is 12.3. The quantitative estimate of drug-likeness (QED) is 0.170. The summed E-state index contributed by atoms with van der Waals surface area (Å²) >= 11 is 0. The Kier molecular flexibility index (Phi) is 7.57. The fourth-order valence-corrected chi connectivity index (χ4v) is 7.77. The van der Waals surface area contributed by atoms with E-state index in [4.69, 9.17) is 9.47 Å². The maximum absolute atomic E-state index is 13.1. The minimum Gasteiger partial charge on any atom is -0.462 e. The molecule has 238 valence electrons. The van der Waals surface area contributed by atoms with Gasteiger partial charge in [0.25, 0.3) is 0 Å². The molecule has 2 aliphatic rings. The highest BCUT2D eigenvalue weighted by molar-refractivity contribution is 6.00. The summed E-state index contributed by atoms with van der Waals surface area (Å²) in [6.45, 7) is 4.25. The van der Waals surface area contributed by atoms with Crippen LogP contribution in [0.5, 0.6) is 0 Å². The first kappa shape index (κ1) is 30.3. The molecule has 0 saturated carbocycles. The van der Waals surface area contributed by atoms with E-state index in [-0.39, 0.29) is 11.9 Å². The Hall–Kier alpha value is -6.00. The smallest absolute Gasteiger partial charge is 0.338 e. The van der Waals surface area contributed by atoms with Gasteiger partial charge in [0.1, 0.15) is 0 Å². The molecular formula is C45H34O4. The van der Waals surface area contributed by atoms with Crippen LogP contribution in [0.25, 0.3) is 45.5 Å². The van der Waals surface area contributed by atoms with Crippen LogP contribution in [0, 0.1) is 0 Å². The Morgan fingerprint density at radius 3 is 1.29 bits per heavy atom. The maximum atomic E-state index is 13.1. The topological polar surface area (TPSA) is 52.6 Å². The van der Waals surface area contributed by atoms with Crippen molar-refractivity contribution >= 4 is 24.1 Å². The zero-order valence-corrected chi connectivity index (χ0v) is 27.4. The van der Waals surface area contributed by atoms with Gasteiger partial charge in [-0.05, 0) is 105 Å². The molecule has 0 aromatic heterocycles. The van der Waals surface area contributed by atoms with Crippen LogP contribution in [-0.4, -0.2) is 25.2 Å². The van der Waals surface area contributed by atoms with E-state index in [9.17, 15) is 9.59 Å². The first-order chi connectivity index (χ1) is 24.1. The number of esters is 2. The molecular weight excluding hydrogens is 604 g/mol. The molecule has 0 unspecified atom stereocenters. The first-order valence-electron chi connectivity index (χ1n) is 16.8. The molecule has 1 spiro atoms. The summed E-state index contributed by atoms with van der Waals surface area (Å²) in [5, 5.41) is 0. The molecule has 0 bridgehead atoms. The van der Waals surface area contributed by atoms with Crippen LogP contribution < -0.4 is 0 Å². The number of hydrogen-bond acceptors (Lipinski definition) is 4. The Morgan fingerprint density at radius 2 is 0.857 bits per heavy atom. The summed E-state index contributed by atoms with van der Waals surface area (Å²) < 4.78 is 10.9. The predicted octanol–water partition coefficient (Wildman–Crippen LogP) is 10.2. The highest BCUT2D eigenvalue weighted by Crippen LogP contribution is 2.59. The number of benzene rings is 6. The first-order valence-corrected chi connectivity index (χ1v) is 16.8. The molecule has 0 heterocycles. The van der Waals surface area contributed by atoms with E-state index in [1.165, 1.54) is 22.3 Å². The fraction of sp³-hybridized carbons (Fsp3) is 0.111. The average Bonchev–Trinajstić information content (AvgIpc) is 3.36. The molecule has 0 N–H and O–H groups in total. The summed E-state index contributed by atoms with van der Waals surface area (Å²) in [5.74, 6) is -0.677. The van der Waals surface area contributed by atoms with Crippen molar-refractivity contribution in [2.45, 2.75) is 19.3 Å². The van der Waals surface area contributed by atoms with Crippen molar-refractivity contribution in [2.75, 3.05) is 13.2 Å². The lowest BCUT2D eigenvalue weighted by atomic mass is 9.65. The lowest BCUT2D eigenvalue weighted by Gasteiger charge is -2.36. The third-order valence-electron chi connectivity index (χ3n) is 9.78. The van der Waals surface area contributed by atoms with Crippen molar-refractivity contribution in [1.82, 2.24) is 0 Å². The van der Waals surface area contributed by atoms with Gasteiger partial charge in [-0.3, -0.25) is 0 Å². The van der Waals surface area contributed by atoms with Crippen LogP contribution in [0.1, 0.15) is 67.9 Å². The molecule has 0 radical (unpaired) electrons. The van der Waals surface area contributed by atoms with Crippen LogP contribution in [-0.2, 0) is 14.9 Å². The van der Waals surface area contributed by atoms with Crippen molar-refractivity contribution < 1.29 is 19.1 Å². The summed E-state index contributed by atoms with van der Waals surface area (Å²) in [5.41, 5.74) is 13.1. The van der Waals surface area contributed by atoms with E-state index in [2.05, 4.69) is 97.1 Å². The normalized spacial score (nSPS) is 13.1. The van der Waals surface area contributed by atoms with E-state index < -0.39 is 5.41 Å². The summed E-state index contributed by atoms with van der Waals surface area (Å²) in [7, 11) is 0. The van der Waals surface area contributed by atoms with E-state index in [0.717, 1.165) is 44.5 Å². The van der Waals surface area contributed by atoms with Crippen molar-refractivity contribution in [3.63, 3.8) is 0 Å². The summed E-state index contributed by atoms with van der Waals surface area (Å²) in [6.07, 6.45) is 4.39. The maximum Gasteiger partial charge on any atom is 0.338 e. The predicted molar refractivity (Wildman–Crippen MR) is 195 cm³/mol. The largest absolute Gasteiger partial charge is 0.462 e. The van der Waals surface area contributed by atoms with Gasteiger partial charge in [-0.1, -0.05) is 121 Å². The van der Waals surface area contributed by atoms with Gasteiger partial charge in [-0.25, -0.2) is 9.59 Å². The van der Waals surface area contributed by atoms with E-state index in [1.54, 1.807) is 0 Å². The SMILES string of the molecule is CCOC(=O)c1ccccc1-c1ccc2c(c1)C1(c3cc(-c4ccccc4C(=O)OCC)ccc3C=C2)c2ccccc2-c2ccccc21. The molecule has 6 aromatic rings. The molecule has 0 aliphatic heterocycles. The monoisotopic (exact) mass is 638 g/mol. The van der Waals surface area contributed by atoms with E-state index in [0.29, 0.717) is 24.3 Å². The van der Waals surface area contributed by atoms with Crippen molar-refractivity contribution in [1.29, 1.82) is 0 Å². The van der Waals surface area contributed by atoms with Crippen LogP contribution in [0.2, 0.25) is 0 Å². The Balaban J connectivity index is 1.45. The Morgan fingerprint density at radius 1 is 0.469 bits per heavy atom. The van der Waals surface area contributed by atoms with Gasteiger partial charge in [-0.15, -0.1) is 0 Å². The lowest BCUT2D eigenvalue weighted by molar-refractivity contribution is 0.0517. The highest BCUT2D eigenvalue weighted by atomic mass is 16.5. The van der Waals surface area contributed by atoms with Gasteiger partial charge in [0.2, 0.25) is 0 Å². The standard InChI is InChI=1S/C45H34O4/c1-3-48-43(46)37-17-7-5-13-33(37)31-25-23-29-21-22-30-24-26-32(34-14-6-8-18-38(34)44(47)49-4-2)28-42(30)45(41(29)27-31)39-19-11-9-15-35(39)36-16-10-12-20-40(36)45/h5-28H,3-4H2,1-2H3. The zero-order valence-electron chi connectivity index (χ0n) is 27.4. The molecule has 8 rings (SSSR count). The van der Waals surface area contributed by atoms with Gasteiger partial charge in [0.15, 0.2) is 0 Å². The molecule has 0 amide bonds. The third-order valence-corrected chi connectivity index (χ3v) is 9.78. The molecule has 6 aromatic carbocycles. The van der Waals surface area contributed by atoms with Crippen LogP contribution in [0.4, 0.5) is 0 Å². The van der Waals surface area contributed by atoms with E-state index >= 15 is 0 Å². The van der Waals surface area contributed by atoms with Gasteiger partial charge >= 0.3 is 11.9 Å². The number of rotatable bonds is 6. The highest BCUT2D eigenvalue weighted by Gasteiger charge is 2.48. The Labute approximate surface area is 286 Å². The molecule has 0 saturated heterocycles. The zero-order chi connectivity index (χ0) is 33.5. The van der Waals surface area contributed by atoms with Crippen molar-refractivity contribution in [3.05, 3.63) is 178 Å². The summed E-state index contributed by atoms with van der Waals surface area (Å²) in [4.78, 5) is 26.3. The molecule has 4 nitrogen and oxygen atoms in total. The van der Waals surface area contributed by atoms with Gasteiger partial charge in [0, 0.05) is 0 Å². The molecule has 0 atom stereocenters. The van der Waals surface area contributed by atoms with Gasteiger partial charge in [0.05, 0.1) is 29.8 Å². The van der Waals surface area contributed by atoms with Crippen LogP contribution in [0.3, 0.4) is 0 Å². The fourth-order valence-electron chi connectivity index (χ4n) is 7.77. The number of hydrogen-bond donors (Lipinski definition) is 0.